The maximum absolute atomic E-state index is 5.35. The lowest BCUT2D eigenvalue weighted by molar-refractivity contribution is 0.198. The molecule has 1 aromatic heterocycles. The Morgan fingerprint density at radius 3 is 2.94 bits per heavy atom. The zero-order chi connectivity index (χ0) is 11.8. The van der Waals surface area contributed by atoms with Crippen molar-refractivity contribution in [3.8, 4) is 0 Å². The first kappa shape index (κ1) is 13.2. The zero-order valence-corrected chi connectivity index (χ0v) is 10.4. The maximum atomic E-state index is 5.35. The smallest absolute Gasteiger partial charge is 0.120 e. The lowest BCUT2D eigenvalue weighted by Crippen LogP contribution is -2.37. The molecule has 0 saturated carbocycles. The van der Waals surface area contributed by atoms with Gasteiger partial charge in [0.05, 0.1) is 19.4 Å². The molecule has 1 atom stereocenters. The van der Waals surface area contributed by atoms with Gasteiger partial charge < -0.3 is 19.8 Å². The molecule has 0 aliphatic carbocycles. The fourth-order valence-electron chi connectivity index (χ4n) is 1.42. The van der Waals surface area contributed by atoms with Gasteiger partial charge in [0.15, 0.2) is 0 Å². The number of methoxy groups -OCH3 is 1. The van der Waals surface area contributed by atoms with E-state index in [-0.39, 0.29) is 0 Å². The Kier molecular flexibility index (Phi) is 6.15. The van der Waals surface area contributed by atoms with Crippen LogP contribution in [0.25, 0.3) is 0 Å². The summed E-state index contributed by atoms with van der Waals surface area (Å²) in [6.45, 7) is 7.57. The van der Waals surface area contributed by atoms with E-state index in [1.807, 2.05) is 6.07 Å². The summed E-state index contributed by atoms with van der Waals surface area (Å²) in [5.41, 5.74) is 1.20. The molecule has 0 aromatic carbocycles. The fourth-order valence-corrected chi connectivity index (χ4v) is 1.42. The fraction of sp³-hybridized carbons (Fsp3) is 0.667. The molecule has 0 bridgehead atoms. The molecule has 0 aliphatic rings. The van der Waals surface area contributed by atoms with Crippen LogP contribution in [0, 0.1) is 6.92 Å². The van der Waals surface area contributed by atoms with Crippen molar-refractivity contribution in [1.82, 2.24) is 10.6 Å². The minimum atomic E-state index is 0.418. The van der Waals surface area contributed by atoms with Crippen molar-refractivity contribution in [2.75, 3.05) is 26.8 Å². The van der Waals surface area contributed by atoms with Crippen molar-refractivity contribution in [2.45, 2.75) is 26.4 Å². The van der Waals surface area contributed by atoms with Crippen molar-refractivity contribution in [2.24, 2.45) is 0 Å². The number of furan rings is 1. The summed E-state index contributed by atoms with van der Waals surface area (Å²) in [5, 5.41) is 6.72. The summed E-state index contributed by atoms with van der Waals surface area (Å²) in [6, 6.07) is 2.40. The summed E-state index contributed by atoms with van der Waals surface area (Å²) < 4.78 is 10.3. The molecule has 92 valence electrons. The first-order valence-electron chi connectivity index (χ1n) is 5.70. The van der Waals surface area contributed by atoms with Crippen LogP contribution in [0.4, 0.5) is 0 Å². The number of ether oxygens (including phenoxy) is 1. The standard InChI is InChI=1S/C12H22N2O2/c1-10-4-6-16-12(10)9-14-11(2)8-13-5-7-15-3/h4,6,11,13-14H,5,7-9H2,1-3H3. The van der Waals surface area contributed by atoms with Crippen LogP contribution in [-0.4, -0.2) is 32.8 Å². The van der Waals surface area contributed by atoms with E-state index in [9.17, 15) is 0 Å². The number of rotatable bonds is 8. The molecule has 0 radical (unpaired) electrons. The Morgan fingerprint density at radius 2 is 2.31 bits per heavy atom. The molecule has 0 aliphatic heterocycles. The van der Waals surface area contributed by atoms with Gasteiger partial charge in [-0.1, -0.05) is 0 Å². The molecular weight excluding hydrogens is 204 g/mol. The second-order valence-corrected chi connectivity index (χ2v) is 4.01. The molecule has 0 amide bonds. The molecule has 2 N–H and O–H groups in total. The molecule has 0 saturated heterocycles. The highest BCUT2D eigenvalue weighted by atomic mass is 16.5. The monoisotopic (exact) mass is 226 g/mol. The molecular formula is C12H22N2O2. The minimum absolute atomic E-state index is 0.418. The van der Waals surface area contributed by atoms with Gasteiger partial charge >= 0.3 is 0 Å². The molecule has 1 unspecified atom stereocenters. The van der Waals surface area contributed by atoms with Gasteiger partial charge in [-0.2, -0.15) is 0 Å². The Morgan fingerprint density at radius 1 is 1.50 bits per heavy atom. The average molecular weight is 226 g/mol. The Labute approximate surface area is 97.4 Å². The Hall–Kier alpha value is -0.840. The average Bonchev–Trinajstić information content (AvgIpc) is 2.67. The number of hydrogen-bond donors (Lipinski definition) is 2. The van der Waals surface area contributed by atoms with E-state index in [2.05, 4.69) is 24.5 Å². The normalized spacial score (nSPS) is 12.9. The van der Waals surface area contributed by atoms with E-state index < -0.39 is 0 Å². The van der Waals surface area contributed by atoms with Crippen LogP contribution in [0.5, 0.6) is 0 Å². The predicted octanol–water partition coefficient (Wildman–Crippen LogP) is 1.30. The Bertz CT molecular complexity index is 286. The van der Waals surface area contributed by atoms with Gasteiger partial charge in [0.2, 0.25) is 0 Å². The van der Waals surface area contributed by atoms with Gasteiger partial charge in [-0.25, -0.2) is 0 Å². The van der Waals surface area contributed by atoms with E-state index in [1.54, 1.807) is 13.4 Å². The highest BCUT2D eigenvalue weighted by Gasteiger charge is 2.04. The molecule has 1 aromatic rings. The van der Waals surface area contributed by atoms with Gasteiger partial charge in [-0.05, 0) is 25.5 Å². The van der Waals surface area contributed by atoms with E-state index in [1.165, 1.54) is 5.56 Å². The van der Waals surface area contributed by atoms with Gasteiger partial charge in [0.25, 0.3) is 0 Å². The van der Waals surface area contributed by atoms with Gasteiger partial charge in [-0.3, -0.25) is 0 Å². The zero-order valence-electron chi connectivity index (χ0n) is 10.4. The molecule has 0 fully saturated rings. The first-order valence-corrected chi connectivity index (χ1v) is 5.70. The van der Waals surface area contributed by atoms with Crippen LogP contribution < -0.4 is 10.6 Å². The van der Waals surface area contributed by atoms with Crippen LogP contribution in [-0.2, 0) is 11.3 Å². The largest absolute Gasteiger partial charge is 0.468 e. The third kappa shape index (κ3) is 4.79. The molecule has 4 heteroatoms. The maximum Gasteiger partial charge on any atom is 0.120 e. The van der Waals surface area contributed by atoms with E-state index >= 15 is 0 Å². The summed E-state index contributed by atoms with van der Waals surface area (Å²) in [4.78, 5) is 0. The topological polar surface area (TPSA) is 46.4 Å². The lowest BCUT2D eigenvalue weighted by atomic mass is 10.2. The number of hydrogen-bond acceptors (Lipinski definition) is 4. The van der Waals surface area contributed by atoms with Gasteiger partial charge in [0.1, 0.15) is 5.76 Å². The third-order valence-corrected chi connectivity index (χ3v) is 2.51. The quantitative estimate of drug-likeness (QED) is 0.656. The molecule has 0 spiro atoms. The van der Waals surface area contributed by atoms with Crippen LogP contribution in [0.3, 0.4) is 0 Å². The third-order valence-electron chi connectivity index (χ3n) is 2.51. The molecule has 1 heterocycles. The summed E-state index contributed by atoms with van der Waals surface area (Å²) >= 11 is 0. The van der Waals surface area contributed by atoms with Crippen LogP contribution in [0.2, 0.25) is 0 Å². The SMILES string of the molecule is COCCNCC(C)NCc1occc1C. The molecule has 1 rings (SSSR count). The van der Waals surface area contributed by atoms with Crippen molar-refractivity contribution in [3.05, 3.63) is 23.7 Å². The van der Waals surface area contributed by atoms with Gasteiger partial charge in [0, 0.05) is 26.2 Å². The van der Waals surface area contributed by atoms with E-state index in [4.69, 9.17) is 9.15 Å². The minimum Gasteiger partial charge on any atom is -0.468 e. The van der Waals surface area contributed by atoms with E-state index in [0.717, 1.165) is 32.0 Å². The van der Waals surface area contributed by atoms with Crippen molar-refractivity contribution < 1.29 is 9.15 Å². The Balaban J connectivity index is 2.10. The first-order chi connectivity index (χ1) is 7.74. The second kappa shape index (κ2) is 7.44. The van der Waals surface area contributed by atoms with Crippen LogP contribution >= 0.6 is 0 Å². The van der Waals surface area contributed by atoms with E-state index in [0.29, 0.717) is 6.04 Å². The van der Waals surface area contributed by atoms with Crippen LogP contribution in [0.15, 0.2) is 16.7 Å². The molecule has 4 nitrogen and oxygen atoms in total. The summed E-state index contributed by atoms with van der Waals surface area (Å²) in [6.07, 6.45) is 1.73. The summed E-state index contributed by atoms with van der Waals surface area (Å²) in [7, 11) is 1.71. The number of nitrogens with one attached hydrogen (secondary N) is 2. The second-order valence-electron chi connectivity index (χ2n) is 4.01. The highest BCUT2D eigenvalue weighted by molar-refractivity contribution is 5.14. The highest BCUT2D eigenvalue weighted by Crippen LogP contribution is 2.07. The number of aryl methyl sites for hydroxylation is 1. The van der Waals surface area contributed by atoms with Gasteiger partial charge in [-0.15, -0.1) is 0 Å². The predicted molar refractivity (Wildman–Crippen MR) is 64.5 cm³/mol. The van der Waals surface area contributed by atoms with Crippen molar-refractivity contribution >= 4 is 0 Å². The van der Waals surface area contributed by atoms with Crippen molar-refractivity contribution in [1.29, 1.82) is 0 Å². The molecule has 16 heavy (non-hydrogen) atoms. The summed E-state index contributed by atoms with van der Waals surface area (Å²) in [5.74, 6) is 1.02. The lowest BCUT2D eigenvalue weighted by Gasteiger charge is -2.13. The van der Waals surface area contributed by atoms with Crippen molar-refractivity contribution in [3.63, 3.8) is 0 Å². The van der Waals surface area contributed by atoms with Crippen LogP contribution in [0.1, 0.15) is 18.2 Å².